The monoisotopic (exact) mass is 533 g/mol. The third kappa shape index (κ3) is 6.78. The number of rotatable bonds is 0. The Morgan fingerprint density at radius 2 is 1.78 bits per heavy atom. The number of halogens is 2. The molecule has 0 aromatic heterocycles. The van der Waals surface area contributed by atoms with Gasteiger partial charge in [0.2, 0.25) is 0 Å². The van der Waals surface area contributed by atoms with Gasteiger partial charge in [0.15, 0.2) is 0 Å². The molecule has 0 radical (unpaired) electrons. The zero-order chi connectivity index (χ0) is 16.3. The minimum atomic E-state index is -0.472. The molecule has 0 aromatic carbocycles. The van der Waals surface area contributed by atoms with E-state index >= 15 is 0 Å². The summed E-state index contributed by atoms with van der Waals surface area (Å²) in [6, 6.07) is 0.780. The predicted octanol–water partition coefficient (Wildman–Crippen LogP) is 6.75. The molecular weight excluding hydrogens is 510 g/mol. The third-order valence-corrected chi connectivity index (χ3v) is 4.62. The molecule has 23 heavy (non-hydrogen) atoms. The summed E-state index contributed by atoms with van der Waals surface area (Å²) in [5.41, 5.74) is 2.44. The van der Waals surface area contributed by atoms with Crippen LogP contribution >= 0.6 is 18.8 Å². The van der Waals surface area contributed by atoms with Crippen molar-refractivity contribution in [1.29, 1.82) is 0 Å². The van der Waals surface area contributed by atoms with E-state index in [9.17, 15) is 0 Å². The Labute approximate surface area is 156 Å². The molecule has 4 rings (SSSR count). The molecule has 2 aliphatic heterocycles. The fourth-order valence-corrected chi connectivity index (χ4v) is 3.50. The molecule has 1 saturated carbocycles. The number of piperidine rings is 1. The normalized spacial score (nSPS) is 27.7. The van der Waals surface area contributed by atoms with Crippen LogP contribution in [-0.4, -0.2) is 12.6 Å². The van der Waals surface area contributed by atoms with Crippen LogP contribution in [0, 0.1) is 5.92 Å². The van der Waals surface area contributed by atoms with Gasteiger partial charge in [0.05, 0.1) is 0 Å². The van der Waals surface area contributed by atoms with Crippen LogP contribution in [0.5, 0.6) is 0 Å². The van der Waals surface area contributed by atoms with Gasteiger partial charge in [-0.2, -0.15) is 6.20 Å². The molecule has 1 saturated heterocycles. The average Bonchev–Trinajstić information content (AvgIpc) is 2.63. The summed E-state index contributed by atoms with van der Waals surface area (Å²) >= 11 is -0.472. The molecule has 0 bridgehead atoms. The van der Waals surface area contributed by atoms with Crippen LogP contribution in [0.25, 0.3) is 10.6 Å². The maximum atomic E-state index is 4.88. The molecule has 0 aromatic rings. The van der Waals surface area contributed by atoms with Crippen LogP contribution in [0.1, 0.15) is 44.9 Å². The second-order valence-corrected chi connectivity index (χ2v) is 9.33. The summed E-state index contributed by atoms with van der Waals surface area (Å²) in [6.07, 6.45) is 21.8. The summed E-state index contributed by atoms with van der Waals surface area (Å²) in [6.45, 7) is 1.15. The van der Waals surface area contributed by atoms with Crippen molar-refractivity contribution in [2.45, 2.75) is 51.0 Å². The summed E-state index contributed by atoms with van der Waals surface area (Å²) in [5.74, 6) is 0.988. The topological polar surface area (TPSA) is 28.2 Å². The van der Waals surface area contributed by atoms with E-state index in [1.54, 1.807) is 0 Å². The van der Waals surface area contributed by atoms with Crippen LogP contribution < -0.4 is 0 Å². The molecule has 0 spiro atoms. The molecule has 130 valence electrons. The van der Waals surface area contributed by atoms with Gasteiger partial charge in [-0.15, -0.1) is 18.3 Å². The Kier molecular flexibility index (Phi) is 9.68. The van der Waals surface area contributed by atoms with E-state index in [2.05, 4.69) is 28.9 Å². The van der Waals surface area contributed by atoms with Gasteiger partial charge in [0.1, 0.15) is 0 Å². The first-order valence-corrected chi connectivity index (χ1v) is 13.9. The molecule has 0 amide bonds. The van der Waals surface area contributed by atoms with E-state index in [1.165, 1.54) is 44.1 Å². The molecule has 2 aliphatic carbocycles. The van der Waals surface area contributed by atoms with Gasteiger partial charge in [0.25, 0.3) is 0 Å². The Balaban J connectivity index is 0.000000143. The second-order valence-electron chi connectivity index (χ2n) is 6.05. The van der Waals surface area contributed by atoms with Crippen LogP contribution in [0.15, 0.2) is 47.9 Å². The van der Waals surface area contributed by atoms with E-state index in [0.717, 1.165) is 30.6 Å². The molecule has 2 atom stereocenters. The summed E-state index contributed by atoms with van der Waals surface area (Å²) < 4.78 is 0. The van der Waals surface area contributed by atoms with Crippen LogP contribution in [-0.2, 0) is 16.5 Å². The molecule has 2 fully saturated rings. The van der Waals surface area contributed by atoms with Gasteiger partial charge in [-0.05, 0) is 6.42 Å². The molecule has 4 aliphatic rings. The van der Waals surface area contributed by atoms with E-state index in [4.69, 9.17) is 18.8 Å². The van der Waals surface area contributed by atoms with Crippen LogP contribution in [0.3, 0.4) is 0 Å². The van der Waals surface area contributed by atoms with Gasteiger partial charge < -0.3 is 10.6 Å². The van der Waals surface area contributed by atoms with Crippen molar-refractivity contribution in [3.63, 3.8) is 0 Å². The number of hydrogen-bond donors (Lipinski definition) is 0. The van der Waals surface area contributed by atoms with Gasteiger partial charge in [-0.1, -0.05) is 80.4 Å². The minimum absolute atomic E-state index is 0.472. The summed E-state index contributed by atoms with van der Waals surface area (Å²) in [4.78, 5) is 0. The summed E-state index contributed by atoms with van der Waals surface area (Å²) in [5, 5.41) is 8.86. The fraction of sp³-hybridized carbons (Fsp3) is 0.556. The number of nitrogens with zero attached hydrogens (tertiary/aromatic N) is 2. The number of fused-ring (bicyclic) bond motifs is 2. The first-order valence-electron chi connectivity index (χ1n) is 8.28. The van der Waals surface area contributed by atoms with Gasteiger partial charge in [-0.25, -0.2) is 0 Å². The molecule has 2 heterocycles. The Hall–Kier alpha value is -0.0117. The molecule has 0 N–H and O–H groups in total. The third-order valence-electron chi connectivity index (χ3n) is 4.62. The van der Waals surface area contributed by atoms with Crippen molar-refractivity contribution >= 4 is 18.8 Å². The van der Waals surface area contributed by atoms with Crippen molar-refractivity contribution in [3.8, 4) is 0 Å². The number of allylic oxidation sites excluding steroid dienone is 6. The van der Waals surface area contributed by atoms with Crippen molar-refractivity contribution < 1.29 is 16.5 Å². The zero-order valence-electron chi connectivity index (χ0n) is 13.2. The van der Waals surface area contributed by atoms with E-state index in [1.807, 2.05) is 18.4 Å². The molecular formula is C18H24Cl2N2Pt. The fourth-order valence-electron chi connectivity index (χ4n) is 3.50. The zero-order valence-corrected chi connectivity index (χ0v) is 17.0. The molecule has 2 nitrogen and oxygen atoms in total. The SMILES string of the molecule is C1=CCC2=CC=C[N-]C2=C1.C1CCC2[N-]CCCC2C1.[Cl][Pt+2][Cl]. The summed E-state index contributed by atoms with van der Waals surface area (Å²) in [7, 11) is 9.75. The van der Waals surface area contributed by atoms with Crippen molar-refractivity contribution in [1.82, 2.24) is 0 Å². The van der Waals surface area contributed by atoms with Gasteiger partial charge in [0, 0.05) is 0 Å². The maximum absolute atomic E-state index is 4.88. The van der Waals surface area contributed by atoms with Crippen LogP contribution in [0.2, 0.25) is 0 Å². The number of hydrogen-bond acceptors (Lipinski definition) is 0. The first kappa shape index (κ1) is 19.3. The Morgan fingerprint density at radius 1 is 1.00 bits per heavy atom. The molecule has 5 heteroatoms. The van der Waals surface area contributed by atoms with Crippen molar-refractivity contribution in [2.75, 3.05) is 6.54 Å². The van der Waals surface area contributed by atoms with Gasteiger partial charge >= 0.3 is 35.3 Å². The van der Waals surface area contributed by atoms with E-state index in [-0.39, 0.29) is 0 Å². The van der Waals surface area contributed by atoms with E-state index in [0.29, 0.717) is 0 Å². The average molecular weight is 534 g/mol. The quantitative estimate of drug-likeness (QED) is 0.329. The standard InChI is InChI=1S/C9H16N.C9H8N.2ClH.Pt/c2*1-2-6-9-8(4-1)5-3-7-10-9;;;/h8-9H,1-7H2;1-3,5-7H,4H2;2*1H;/q2*-1;;;+4/p-2. The molecule has 2 unspecified atom stereocenters. The Morgan fingerprint density at radius 3 is 2.57 bits per heavy atom. The predicted molar refractivity (Wildman–Crippen MR) is 97.3 cm³/mol. The second kappa shape index (κ2) is 11.5. The van der Waals surface area contributed by atoms with Crippen molar-refractivity contribution in [2.24, 2.45) is 5.92 Å². The van der Waals surface area contributed by atoms with Gasteiger partial charge in [-0.3, -0.25) is 0 Å². The Bertz CT molecular complexity index is 418. The van der Waals surface area contributed by atoms with Crippen LogP contribution in [0.4, 0.5) is 0 Å². The first-order chi connectivity index (χ1) is 11.3. The van der Waals surface area contributed by atoms with E-state index < -0.39 is 16.5 Å². The van der Waals surface area contributed by atoms with Crippen molar-refractivity contribution in [3.05, 3.63) is 58.5 Å².